The highest BCUT2D eigenvalue weighted by Gasteiger charge is 2.45. The Morgan fingerprint density at radius 3 is 2.00 bits per heavy atom. The average Bonchev–Trinajstić information content (AvgIpc) is 2.74. The highest BCUT2D eigenvalue weighted by molar-refractivity contribution is 9.10. The second-order valence-electron chi connectivity index (χ2n) is 7.66. The van der Waals surface area contributed by atoms with Crippen LogP contribution in [0.1, 0.15) is 67.1 Å². The average molecular weight is 489 g/mol. The lowest BCUT2D eigenvalue weighted by molar-refractivity contribution is -0.00771. The van der Waals surface area contributed by atoms with E-state index in [1.165, 1.54) is 0 Å². The molecule has 0 saturated heterocycles. The van der Waals surface area contributed by atoms with Crippen LogP contribution in [0.5, 0.6) is 0 Å². The van der Waals surface area contributed by atoms with E-state index in [4.69, 9.17) is 18.9 Å². The first-order valence-corrected chi connectivity index (χ1v) is 11.4. The van der Waals surface area contributed by atoms with Crippen LogP contribution in [0.3, 0.4) is 0 Å². The molecule has 0 bridgehead atoms. The standard InChI is InChI=1S/C24H25BrO6/c1-3-28-23(26)30-19-12-14-13-20(31-24(27)29-4-2)17-10-7-11-18(25)22(17)21(14)16-9-6-5-8-15(16)19/h5-11,14,19-21H,3-4,12-13H2,1-2H3/t14-,19-,20+,21+/m1/s1. The zero-order valence-electron chi connectivity index (χ0n) is 17.5. The molecule has 4 rings (SSSR count). The molecule has 0 aliphatic heterocycles. The molecular formula is C24H25BrO6. The van der Waals surface area contributed by atoms with Gasteiger partial charge in [0.2, 0.25) is 0 Å². The van der Waals surface area contributed by atoms with Crippen molar-refractivity contribution in [3.05, 3.63) is 69.2 Å². The summed E-state index contributed by atoms with van der Waals surface area (Å²) in [6.45, 7) is 4.01. The van der Waals surface area contributed by atoms with E-state index in [0.29, 0.717) is 12.8 Å². The largest absolute Gasteiger partial charge is 0.508 e. The summed E-state index contributed by atoms with van der Waals surface area (Å²) in [6, 6.07) is 14.0. The first kappa shape index (κ1) is 21.7. The van der Waals surface area contributed by atoms with Gasteiger partial charge in [-0.15, -0.1) is 0 Å². The van der Waals surface area contributed by atoms with Gasteiger partial charge in [-0.1, -0.05) is 52.3 Å². The van der Waals surface area contributed by atoms with Crippen molar-refractivity contribution in [3.63, 3.8) is 0 Å². The Labute approximate surface area is 190 Å². The van der Waals surface area contributed by atoms with Crippen LogP contribution in [0.15, 0.2) is 46.9 Å². The first-order chi connectivity index (χ1) is 15.0. The predicted octanol–water partition coefficient (Wildman–Crippen LogP) is 6.43. The van der Waals surface area contributed by atoms with Crippen molar-refractivity contribution in [2.24, 2.45) is 5.92 Å². The van der Waals surface area contributed by atoms with E-state index in [1.807, 2.05) is 36.4 Å². The minimum atomic E-state index is -0.674. The molecule has 0 saturated carbocycles. The molecule has 31 heavy (non-hydrogen) atoms. The number of halogens is 1. The molecule has 2 aromatic rings. The molecule has 0 heterocycles. The minimum absolute atomic E-state index is 0.103. The number of benzene rings is 2. The summed E-state index contributed by atoms with van der Waals surface area (Å²) >= 11 is 3.72. The van der Waals surface area contributed by atoms with Gasteiger partial charge in [-0.05, 0) is 60.9 Å². The Morgan fingerprint density at radius 1 is 0.839 bits per heavy atom. The summed E-state index contributed by atoms with van der Waals surface area (Å²) in [4.78, 5) is 24.2. The third kappa shape index (κ3) is 4.28. The molecule has 0 unspecified atom stereocenters. The maximum atomic E-state index is 12.1. The number of hydrogen-bond donors (Lipinski definition) is 0. The van der Waals surface area contributed by atoms with Gasteiger partial charge in [-0.25, -0.2) is 9.59 Å². The smallest absolute Gasteiger partial charge is 0.435 e. The van der Waals surface area contributed by atoms with Gasteiger partial charge in [0.05, 0.1) is 13.2 Å². The predicted molar refractivity (Wildman–Crippen MR) is 117 cm³/mol. The summed E-state index contributed by atoms with van der Waals surface area (Å²) < 4.78 is 22.4. The number of hydrogen-bond acceptors (Lipinski definition) is 6. The van der Waals surface area contributed by atoms with Gasteiger partial charge in [0.15, 0.2) is 0 Å². The summed E-state index contributed by atoms with van der Waals surface area (Å²) in [5.41, 5.74) is 4.19. The molecule has 0 radical (unpaired) electrons. The summed E-state index contributed by atoms with van der Waals surface area (Å²) in [5, 5.41) is 0. The minimum Gasteiger partial charge on any atom is -0.435 e. The van der Waals surface area contributed by atoms with Crippen LogP contribution < -0.4 is 0 Å². The Bertz CT molecular complexity index is 974. The van der Waals surface area contributed by atoms with Crippen LogP contribution in [0.2, 0.25) is 0 Å². The lowest BCUT2D eigenvalue weighted by atomic mass is 9.64. The molecule has 164 valence electrons. The van der Waals surface area contributed by atoms with E-state index in [9.17, 15) is 9.59 Å². The van der Waals surface area contributed by atoms with Gasteiger partial charge in [-0.3, -0.25) is 0 Å². The molecule has 2 aromatic carbocycles. The van der Waals surface area contributed by atoms with Gasteiger partial charge >= 0.3 is 12.3 Å². The van der Waals surface area contributed by atoms with Gasteiger partial charge in [0.25, 0.3) is 0 Å². The van der Waals surface area contributed by atoms with E-state index in [2.05, 4.69) is 22.0 Å². The number of carbonyl (C=O) groups is 2. The number of fused-ring (bicyclic) bond motifs is 5. The third-order valence-electron chi connectivity index (χ3n) is 5.93. The highest BCUT2D eigenvalue weighted by Crippen LogP contribution is 2.55. The summed E-state index contributed by atoms with van der Waals surface area (Å²) in [5.74, 6) is 0.214. The van der Waals surface area contributed by atoms with Crippen LogP contribution in [-0.2, 0) is 18.9 Å². The fraction of sp³-hybridized carbons (Fsp3) is 0.417. The van der Waals surface area contributed by atoms with Crippen LogP contribution in [0, 0.1) is 5.92 Å². The normalized spacial score (nSPS) is 23.6. The van der Waals surface area contributed by atoms with Gasteiger partial charge in [-0.2, -0.15) is 0 Å². The van der Waals surface area contributed by atoms with E-state index in [1.54, 1.807) is 13.8 Å². The van der Waals surface area contributed by atoms with Crippen molar-refractivity contribution in [2.45, 2.75) is 44.8 Å². The van der Waals surface area contributed by atoms with Crippen molar-refractivity contribution in [3.8, 4) is 0 Å². The number of carbonyl (C=O) groups excluding carboxylic acids is 2. The van der Waals surface area contributed by atoms with E-state index in [0.717, 1.165) is 26.7 Å². The summed E-state index contributed by atoms with van der Waals surface area (Å²) in [6.07, 6.45) is -0.955. The van der Waals surface area contributed by atoms with Crippen molar-refractivity contribution in [1.82, 2.24) is 0 Å². The van der Waals surface area contributed by atoms with Crippen LogP contribution in [0.25, 0.3) is 0 Å². The number of rotatable bonds is 4. The van der Waals surface area contributed by atoms with Gasteiger partial charge in [0, 0.05) is 10.4 Å². The number of ether oxygens (including phenoxy) is 4. The van der Waals surface area contributed by atoms with Crippen molar-refractivity contribution in [1.29, 1.82) is 0 Å². The molecular weight excluding hydrogens is 464 g/mol. The van der Waals surface area contributed by atoms with Gasteiger partial charge in [0.1, 0.15) is 12.2 Å². The van der Waals surface area contributed by atoms with E-state index >= 15 is 0 Å². The first-order valence-electron chi connectivity index (χ1n) is 10.6. The summed E-state index contributed by atoms with van der Waals surface area (Å²) in [7, 11) is 0. The lowest BCUT2D eigenvalue weighted by Gasteiger charge is -2.43. The quantitative estimate of drug-likeness (QED) is 0.461. The molecule has 0 amide bonds. The topological polar surface area (TPSA) is 71.1 Å². The van der Waals surface area contributed by atoms with Crippen LogP contribution in [-0.4, -0.2) is 25.5 Å². The molecule has 7 heteroatoms. The van der Waals surface area contributed by atoms with Crippen LogP contribution >= 0.6 is 15.9 Å². The third-order valence-corrected chi connectivity index (χ3v) is 6.62. The molecule has 0 N–H and O–H groups in total. The maximum Gasteiger partial charge on any atom is 0.508 e. The van der Waals surface area contributed by atoms with Crippen molar-refractivity contribution < 1.29 is 28.5 Å². The van der Waals surface area contributed by atoms with Gasteiger partial charge < -0.3 is 18.9 Å². The SMILES string of the molecule is CCOC(=O)O[C@H]1C[C@H]2C[C@@H](OC(=O)OCC)c3ccccc3[C@H]2c2c(Br)cccc21. The fourth-order valence-corrected chi connectivity index (χ4v) is 5.45. The van der Waals surface area contributed by atoms with Crippen molar-refractivity contribution >= 4 is 28.2 Å². The monoisotopic (exact) mass is 488 g/mol. The Morgan fingerprint density at radius 2 is 1.39 bits per heavy atom. The molecule has 2 aliphatic carbocycles. The Hall–Kier alpha value is -2.54. The fourth-order valence-electron chi connectivity index (χ4n) is 4.83. The second-order valence-corrected chi connectivity index (χ2v) is 8.51. The maximum absolute atomic E-state index is 12.1. The zero-order chi connectivity index (χ0) is 22.0. The second kappa shape index (κ2) is 9.30. The zero-order valence-corrected chi connectivity index (χ0v) is 19.1. The van der Waals surface area contributed by atoms with Crippen LogP contribution in [0.4, 0.5) is 9.59 Å². The Balaban J connectivity index is 1.75. The van der Waals surface area contributed by atoms with E-state index in [-0.39, 0.29) is 25.0 Å². The molecule has 4 atom stereocenters. The Kier molecular flexibility index (Phi) is 6.51. The van der Waals surface area contributed by atoms with Crippen molar-refractivity contribution in [2.75, 3.05) is 13.2 Å². The molecule has 6 nitrogen and oxygen atoms in total. The molecule has 0 fully saturated rings. The molecule has 0 aromatic heterocycles. The molecule has 2 aliphatic rings. The molecule has 0 spiro atoms. The van der Waals surface area contributed by atoms with E-state index < -0.39 is 24.5 Å². The highest BCUT2D eigenvalue weighted by atomic mass is 79.9. The lowest BCUT2D eigenvalue weighted by Crippen LogP contribution is -2.34.